The Morgan fingerprint density at radius 1 is 1.05 bits per heavy atom. The maximum Gasteiger partial charge on any atom is 0.157 e. The van der Waals surface area contributed by atoms with Gasteiger partial charge in [0, 0.05) is 6.54 Å². The summed E-state index contributed by atoms with van der Waals surface area (Å²) in [7, 11) is 0. The molecule has 2 aromatic carbocycles. The van der Waals surface area contributed by atoms with Crippen molar-refractivity contribution >= 4 is 23.3 Å². The molecule has 0 aliphatic heterocycles. The van der Waals surface area contributed by atoms with Crippen LogP contribution < -0.4 is 5.32 Å². The number of aromatic hydroxyl groups is 2. The van der Waals surface area contributed by atoms with Crippen molar-refractivity contribution in [3.8, 4) is 11.5 Å². The second kappa shape index (κ2) is 6.73. The third-order valence-corrected chi connectivity index (χ3v) is 3.02. The van der Waals surface area contributed by atoms with Gasteiger partial charge in [0.25, 0.3) is 0 Å². The summed E-state index contributed by atoms with van der Waals surface area (Å²) < 4.78 is 0. The summed E-state index contributed by atoms with van der Waals surface area (Å²) in [4.78, 5) is 0.612. The summed E-state index contributed by atoms with van der Waals surface area (Å²) in [5, 5.41) is 21.7. The molecule has 3 N–H and O–H groups in total. The van der Waals surface area contributed by atoms with Gasteiger partial charge in [0.1, 0.15) is 0 Å². The number of nitrogens with one attached hydrogen (secondary N) is 1. The van der Waals surface area contributed by atoms with E-state index < -0.39 is 0 Å². The zero-order valence-electron chi connectivity index (χ0n) is 10.8. The SMILES string of the molecule is Oc1ccc(/C=C/C(=S)NCc2ccccc2)cc1O. The number of phenols is 2. The average Bonchev–Trinajstić information content (AvgIpc) is 2.47. The fourth-order valence-corrected chi connectivity index (χ4v) is 1.80. The van der Waals surface area contributed by atoms with Crippen molar-refractivity contribution in [2.75, 3.05) is 0 Å². The number of benzene rings is 2. The third kappa shape index (κ3) is 4.10. The van der Waals surface area contributed by atoms with Gasteiger partial charge in [0.05, 0.1) is 4.99 Å². The lowest BCUT2D eigenvalue weighted by atomic mass is 10.2. The van der Waals surface area contributed by atoms with E-state index in [1.54, 1.807) is 18.2 Å². The fraction of sp³-hybridized carbons (Fsp3) is 0.0625. The second-order valence-corrected chi connectivity index (χ2v) is 4.72. The highest BCUT2D eigenvalue weighted by Gasteiger charge is 1.98. The van der Waals surface area contributed by atoms with Gasteiger partial charge in [-0.3, -0.25) is 0 Å². The number of hydrogen-bond acceptors (Lipinski definition) is 3. The Morgan fingerprint density at radius 2 is 1.80 bits per heavy atom. The first-order valence-electron chi connectivity index (χ1n) is 6.17. The van der Waals surface area contributed by atoms with Crippen molar-refractivity contribution in [1.82, 2.24) is 5.32 Å². The highest BCUT2D eigenvalue weighted by molar-refractivity contribution is 7.80. The molecular formula is C16H15NO2S. The Bertz CT molecular complexity index is 624. The van der Waals surface area contributed by atoms with Crippen LogP contribution in [0, 0.1) is 0 Å². The van der Waals surface area contributed by atoms with E-state index >= 15 is 0 Å². The number of phenolic OH excluding ortho intramolecular Hbond substituents is 2. The molecule has 0 bridgehead atoms. The van der Waals surface area contributed by atoms with E-state index in [-0.39, 0.29) is 11.5 Å². The molecule has 0 atom stereocenters. The molecule has 0 aromatic heterocycles. The van der Waals surface area contributed by atoms with Crippen LogP contribution in [0.15, 0.2) is 54.6 Å². The quantitative estimate of drug-likeness (QED) is 0.458. The van der Waals surface area contributed by atoms with Crippen LogP contribution >= 0.6 is 12.2 Å². The van der Waals surface area contributed by atoms with Gasteiger partial charge in [-0.15, -0.1) is 0 Å². The van der Waals surface area contributed by atoms with Crippen molar-refractivity contribution < 1.29 is 10.2 Å². The van der Waals surface area contributed by atoms with Crippen molar-refractivity contribution in [1.29, 1.82) is 0 Å². The van der Waals surface area contributed by atoms with Gasteiger partial charge in [0.2, 0.25) is 0 Å². The van der Waals surface area contributed by atoms with Crippen LogP contribution in [-0.2, 0) is 6.54 Å². The van der Waals surface area contributed by atoms with E-state index in [2.05, 4.69) is 5.32 Å². The Balaban J connectivity index is 1.90. The van der Waals surface area contributed by atoms with Crippen molar-refractivity contribution in [3.05, 3.63) is 65.7 Å². The maximum atomic E-state index is 9.39. The molecule has 0 radical (unpaired) electrons. The molecule has 0 saturated heterocycles. The van der Waals surface area contributed by atoms with Crippen molar-refractivity contribution in [2.24, 2.45) is 0 Å². The summed E-state index contributed by atoms with van der Waals surface area (Å²) in [6.07, 6.45) is 3.53. The van der Waals surface area contributed by atoms with Crippen LogP contribution in [0.1, 0.15) is 11.1 Å². The van der Waals surface area contributed by atoms with Crippen LogP contribution in [0.2, 0.25) is 0 Å². The van der Waals surface area contributed by atoms with E-state index in [0.29, 0.717) is 11.5 Å². The van der Waals surface area contributed by atoms with Crippen molar-refractivity contribution in [2.45, 2.75) is 6.54 Å². The lowest BCUT2D eigenvalue weighted by Gasteiger charge is -2.04. The molecule has 0 aliphatic rings. The fourth-order valence-electron chi connectivity index (χ4n) is 1.66. The third-order valence-electron chi connectivity index (χ3n) is 2.74. The molecular weight excluding hydrogens is 270 g/mol. The molecule has 0 aliphatic carbocycles. The highest BCUT2D eigenvalue weighted by atomic mass is 32.1. The Labute approximate surface area is 123 Å². The normalized spacial score (nSPS) is 10.6. The minimum atomic E-state index is -0.143. The molecule has 0 saturated carbocycles. The van der Waals surface area contributed by atoms with Crippen LogP contribution in [0.25, 0.3) is 6.08 Å². The minimum absolute atomic E-state index is 0.132. The largest absolute Gasteiger partial charge is 0.504 e. The summed E-state index contributed by atoms with van der Waals surface area (Å²) in [6.45, 7) is 0.671. The first-order valence-corrected chi connectivity index (χ1v) is 6.58. The van der Waals surface area contributed by atoms with E-state index in [1.165, 1.54) is 12.1 Å². The first kappa shape index (κ1) is 14.1. The maximum absolute atomic E-state index is 9.39. The zero-order chi connectivity index (χ0) is 14.4. The Kier molecular flexibility index (Phi) is 4.74. The predicted molar refractivity (Wildman–Crippen MR) is 84.7 cm³/mol. The van der Waals surface area contributed by atoms with Crippen molar-refractivity contribution in [3.63, 3.8) is 0 Å². The second-order valence-electron chi connectivity index (χ2n) is 4.28. The highest BCUT2D eigenvalue weighted by Crippen LogP contribution is 2.25. The summed E-state index contributed by atoms with van der Waals surface area (Å²) in [5.74, 6) is -0.276. The van der Waals surface area contributed by atoms with Gasteiger partial charge in [0.15, 0.2) is 11.5 Å². The molecule has 0 spiro atoms. The molecule has 2 rings (SSSR count). The topological polar surface area (TPSA) is 52.5 Å². The predicted octanol–water partition coefficient (Wildman–Crippen LogP) is 3.23. The summed E-state index contributed by atoms with van der Waals surface area (Å²) in [5.41, 5.74) is 1.93. The van der Waals surface area contributed by atoms with E-state index in [0.717, 1.165) is 11.1 Å². The molecule has 3 nitrogen and oxygen atoms in total. The molecule has 0 unspecified atom stereocenters. The number of rotatable bonds is 4. The van der Waals surface area contributed by atoms with Gasteiger partial charge >= 0.3 is 0 Å². The van der Waals surface area contributed by atoms with Gasteiger partial charge in [-0.1, -0.05) is 54.7 Å². The van der Waals surface area contributed by atoms with E-state index in [9.17, 15) is 10.2 Å². The Hall–Kier alpha value is -2.33. The van der Waals surface area contributed by atoms with Crippen LogP contribution in [0.3, 0.4) is 0 Å². The monoisotopic (exact) mass is 285 g/mol. The van der Waals surface area contributed by atoms with E-state index in [1.807, 2.05) is 30.3 Å². The lowest BCUT2D eigenvalue weighted by molar-refractivity contribution is 0.403. The molecule has 0 amide bonds. The molecule has 4 heteroatoms. The number of hydrogen-bond donors (Lipinski definition) is 3. The molecule has 102 valence electrons. The van der Waals surface area contributed by atoms with Gasteiger partial charge in [-0.05, 0) is 29.3 Å². The van der Waals surface area contributed by atoms with E-state index in [4.69, 9.17) is 12.2 Å². The summed E-state index contributed by atoms with van der Waals surface area (Å²) >= 11 is 5.20. The van der Waals surface area contributed by atoms with Gasteiger partial charge < -0.3 is 15.5 Å². The average molecular weight is 285 g/mol. The molecule has 20 heavy (non-hydrogen) atoms. The smallest absolute Gasteiger partial charge is 0.157 e. The molecule has 2 aromatic rings. The van der Waals surface area contributed by atoms with Gasteiger partial charge in [-0.25, -0.2) is 0 Å². The minimum Gasteiger partial charge on any atom is -0.504 e. The lowest BCUT2D eigenvalue weighted by Crippen LogP contribution is -2.18. The zero-order valence-corrected chi connectivity index (χ0v) is 11.6. The Morgan fingerprint density at radius 3 is 2.50 bits per heavy atom. The van der Waals surface area contributed by atoms with Crippen LogP contribution in [0.4, 0.5) is 0 Å². The standard InChI is InChI=1S/C16H15NO2S/c18-14-8-6-12(10-15(14)19)7-9-16(20)17-11-13-4-2-1-3-5-13/h1-10,18-19H,11H2,(H,17,20)/b9-7+. The van der Waals surface area contributed by atoms with Gasteiger partial charge in [-0.2, -0.15) is 0 Å². The first-order chi connectivity index (χ1) is 9.65. The number of thiocarbonyl (C=S) groups is 1. The summed E-state index contributed by atoms with van der Waals surface area (Å²) in [6, 6.07) is 14.6. The molecule has 0 fully saturated rings. The van der Waals surface area contributed by atoms with Crippen LogP contribution in [-0.4, -0.2) is 15.2 Å². The molecule has 0 heterocycles. The van der Waals surface area contributed by atoms with Crippen LogP contribution in [0.5, 0.6) is 11.5 Å².